The molecule has 8 heteroatoms. The van der Waals surface area contributed by atoms with Crippen LogP contribution in [0.2, 0.25) is 5.02 Å². The molecule has 3 rings (SSSR count). The predicted octanol–water partition coefficient (Wildman–Crippen LogP) is 2.63. The summed E-state index contributed by atoms with van der Waals surface area (Å²) in [6, 6.07) is 6.58. The van der Waals surface area contributed by atoms with E-state index in [1.54, 1.807) is 24.3 Å². The number of aromatic nitrogens is 1. The van der Waals surface area contributed by atoms with Crippen LogP contribution in [0, 0.1) is 0 Å². The van der Waals surface area contributed by atoms with Gasteiger partial charge in [-0.25, -0.2) is 4.98 Å². The maximum atomic E-state index is 12.0. The minimum atomic E-state index is -0.341. The molecule has 1 aliphatic rings. The van der Waals surface area contributed by atoms with Gasteiger partial charge in [0, 0.05) is 21.7 Å². The number of hydrogen-bond donors (Lipinski definition) is 3. The monoisotopic (exact) mass is 378 g/mol. The SMILES string of the molecule is O=C(CNC(=O)c1cccc(Cl)c1)Nc1ncc(C2CCNCC2)s1. The van der Waals surface area contributed by atoms with Crippen molar-refractivity contribution in [2.24, 2.45) is 0 Å². The lowest BCUT2D eigenvalue weighted by Crippen LogP contribution is -2.32. The molecule has 2 aromatic rings. The molecule has 25 heavy (non-hydrogen) atoms. The van der Waals surface area contributed by atoms with Gasteiger partial charge >= 0.3 is 0 Å². The molecule has 0 atom stereocenters. The summed E-state index contributed by atoms with van der Waals surface area (Å²) in [5.74, 6) is -0.138. The summed E-state index contributed by atoms with van der Waals surface area (Å²) in [5.41, 5.74) is 0.419. The third-order valence-electron chi connectivity index (χ3n) is 4.01. The second-order valence-electron chi connectivity index (χ2n) is 5.83. The van der Waals surface area contributed by atoms with E-state index in [2.05, 4.69) is 20.9 Å². The Hall–Kier alpha value is -1.96. The van der Waals surface area contributed by atoms with E-state index in [0.29, 0.717) is 21.6 Å². The van der Waals surface area contributed by atoms with Crippen molar-refractivity contribution >= 4 is 39.9 Å². The summed E-state index contributed by atoms with van der Waals surface area (Å²) in [6.45, 7) is 1.91. The Bertz CT molecular complexity index is 759. The summed E-state index contributed by atoms with van der Waals surface area (Å²) in [4.78, 5) is 29.5. The van der Waals surface area contributed by atoms with Crippen molar-refractivity contribution in [3.05, 3.63) is 45.9 Å². The fourth-order valence-corrected chi connectivity index (χ4v) is 3.89. The van der Waals surface area contributed by atoms with Crippen LogP contribution in [0.5, 0.6) is 0 Å². The molecular formula is C17H19ClN4O2S. The van der Waals surface area contributed by atoms with Gasteiger partial charge in [-0.2, -0.15) is 0 Å². The molecule has 1 fully saturated rings. The van der Waals surface area contributed by atoms with Crippen LogP contribution in [-0.2, 0) is 4.79 Å². The Morgan fingerprint density at radius 1 is 1.32 bits per heavy atom. The topological polar surface area (TPSA) is 83.1 Å². The molecule has 3 N–H and O–H groups in total. The first-order chi connectivity index (χ1) is 12.1. The van der Waals surface area contributed by atoms with Crippen LogP contribution < -0.4 is 16.0 Å². The molecule has 1 aliphatic heterocycles. The molecular weight excluding hydrogens is 360 g/mol. The predicted molar refractivity (Wildman–Crippen MR) is 99.4 cm³/mol. The molecule has 2 amide bonds. The van der Waals surface area contributed by atoms with Crippen molar-refractivity contribution < 1.29 is 9.59 Å². The zero-order valence-corrected chi connectivity index (χ0v) is 15.1. The molecule has 1 aromatic heterocycles. The molecule has 6 nitrogen and oxygen atoms in total. The summed E-state index contributed by atoms with van der Waals surface area (Å²) in [5, 5.41) is 9.68. The lowest BCUT2D eigenvalue weighted by molar-refractivity contribution is -0.115. The van der Waals surface area contributed by atoms with Crippen LogP contribution in [0.25, 0.3) is 0 Å². The number of halogens is 1. The fraction of sp³-hybridized carbons (Fsp3) is 0.353. The van der Waals surface area contributed by atoms with E-state index in [1.807, 2.05) is 6.20 Å². The third-order valence-corrected chi connectivity index (χ3v) is 5.32. The molecule has 0 aliphatic carbocycles. The third kappa shape index (κ3) is 5.01. The van der Waals surface area contributed by atoms with Gasteiger partial charge in [0.1, 0.15) is 0 Å². The number of nitrogens with one attached hydrogen (secondary N) is 3. The van der Waals surface area contributed by atoms with E-state index in [4.69, 9.17) is 11.6 Å². The van der Waals surface area contributed by atoms with Crippen molar-refractivity contribution in [3.8, 4) is 0 Å². The van der Waals surface area contributed by atoms with E-state index in [1.165, 1.54) is 16.2 Å². The lowest BCUT2D eigenvalue weighted by Gasteiger charge is -2.20. The number of thiazole rings is 1. The summed E-state index contributed by atoms with van der Waals surface area (Å²) in [7, 11) is 0. The first-order valence-corrected chi connectivity index (χ1v) is 9.31. The first-order valence-electron chi connectivity index (χ1n) is 8.12. The second-order valence-corrected chi connectivity index (χ2v) is 7.33. The number of hydrogen-bond acceptors (Lipinski definition) is 5. The van der Waals surface area contributed by atoms with Crippen molar-refractivity contribution in [2.75, 3.05) is 25.0 Å². The fourth-order valence-electron chi connectivity index (χ4n) is 2.70. The average molecular weight is 379 g/mol. The van der Waals surface area contributed by atoms with Crippen LogP contribution in [0.1, 0.15) is 34.0 Å². The van der Waals surface area contributed by atoms with Crippen molar-refractivity contribution in [3.63, 3.8) is 0 Å². The molecule has 0 unspecified atom stereocenters. The summed E-state index contributed by atoms with van der Waals surface area (Å²) >= 11 is 7.35. The standard InChI is InChI=1S/C17H19ClN4O2S/c18-13-3-1-2-12(8-13)16(24)20-10-15(23)22-17-21-9-14(25-17)11-4-6-19-7-5-11/h1-3,8-9,11,19H,4-7,10H2,(H,20,24)(H,21,22,23). The van der Waals surface area contributed by atoms with Gasteiger partial charge in [-0.15, -0.1) is 11.3 Å². The zero-order chi connectivity index (χ0) is 17.6. The van der Waals surface area contributed by atoms with E-state index >= 15 is 0 Å². The van der Waals surface area contributed by atoms with Crippen molar-refractivity contribution in [2.45, 2.75) is 18.8 Å². The normalized spacial score (nSPS) is 14.9. The van der Waals surface area contributed by atoms with Crippen LogP contribution in [0.15, 0.2) is 30.5 Å². The van der Waals surface area contributed by atoms with Crippen molar-refractivity contribution in [1.82, 2.24) is 15.6 Å². The smallest absolute Gasteiger partial charge is 0.251 e. The number of piperidine rings is 1. The Morgan fingerprint density at radius 2 is 2.12 bits per heavy atom. The minimum absolute atomic E-state index is 0.117. The number of carbonyl (C=O) groups excluding carboxylic acids is 2. The highest BCUT2D eigenvalue weighted by Crippen LogP contribution is 2.31. The van der Waals surface area contributed by atoms with Crippen LogP contribution in [0.3, 0.4) is 0 Å². The largest absolute Gasteiger partial charge is 0.343 e. The van der Waals surface area contributed by atoms with E-state index in [9.17, 15) is 9.59 Å². The van der Waals surface area contributed by atoms with Crippen LogP contribution in [0.4, 0.5) is 5.13 Å². The van der Waals surface area contributed by atoms with Gasteiger partial charge in [-0.1, -0.05) is 17.7 Å². The molecule has 132 valence electrons. The van der Waals surface area contributed by atoms with E-state index in [0.717, 1.165) is 25.9 Å². The highest BCUT2D eigenvalue weighted by atomic mass is 35.5. The van der Waals surface area contributed by atoms with E-state index in [-0.39, 0.29) is 18.4 Å². The van der Waals surface area contributed by atoms with Gasteiger partial charge in [0.05, 0.1) is 6.54 Å². The molecule has 0 bridgehead atoms. The first kappa shape index (κ1) is 17.8. The van der Waals surface area contributed by atoms with Crippen LogP contribution in [-0.4, -0.2) is 36.4 Å². The summed E-state index contributed by atoms with van der Waals surface area (Å²) in [6.07, 6.45) is 4.01. The Kier molecular flexibility index (Phi) is 6.01. The van der Waals surface area contributed by atoms with Gasteiger partial charge in [-0.05, 0) is 50.0 Å². The molecule has 1 saturated heterocycles. The maximum Gasteiger partial charge on any atom is 0.251 e. The zero-order valence-electron chi connectivity index (χ0n) is 13.5. The van der Waals surface area contributed by atoms with Crippen molar-refractivity contribution in [1.29, 1.82) is 0 Å². The van der Waals surface area contributed by atoms with E-state index < -0.39 is 0 Å². The van der Waals surface area contributed by atoms with Crippen LogP contribution >= 0.6 is 22.9 Å². The number of benzene rings is 1. The number of carbonyl (C=O) groups is 2. The Labute approximate surface area is 155 Å². The quantitative estimate of drug-likeness (QED) is 0.746. The number of amides is 2. The Balaban J connectivity index is 1.49. The number of nitrogens with zero attached hydrogens (tertiary/aromatic N) is 1. The molecule has 0 spiro atoms. The highest BCUT2D eigenvalue weighted by molar-refractivity contribution is 7.15. The molecule has 1 aromatic carbocycles. The second kappa shape index (κ2) is 8.42. The number of rotatable bonds is 5. The molecule has 0 radical (unpaired) electrons. The minimum Gasteiger partial charge on any atom is -0.343 e. The lowest BCUT2D eigenvalue weighted by atomic mass is 9.97. The maximum absolute atomic E-state index is 12.0. The molecule has 0 saturated carbocycles. The van der Waals surface area contributed by atoms with Gasteiger partial charge in [0.2, 0.25) is 5.91 Å². The summed E-state index contributed by atoms with van der Waals surface area (Å²) < 4.78 is 0. The number of anilines is 1. The highest BCUT2D eigenvalue weighted by Gasteiger charge is 2.18. The molecule has 2 heterocycles. The average Bonchev–Trinajstić information content (AvgIpc) is 3.09. The Morgan fingerprint density at radius 3 is 2.88 bits per heavy atom. The van der Waals surface area contributed by atoms with Gasteiger partial charge in [0.15, 0.2) is 5.13 Å². The van der Waals surface area contributed by atoms with Gasteiger partial charge in [-0.3, -0.25) is 9.59 Å². The van der Waals surface area contributed by atoms with Gasteiger partial charge < -0.3 is 16.0 Å². The van der Waals surface area contributed by atoms with Gasteiger partial charge in [0.25, 0.3) is 5.91 Å².